The minimum absolute atomic E-state index is 0.180. The van der Waals surface area contributed by atoms with Gasteiger partial charge in [0.25, 0.3) is 5.91 Å². The zero-order valence-corrected chi connectivity index (χ0v) is 14.2. The van der Waals surface area contributed by atoms with Crippen LogP contribution < -0.4 is 4.74 Å². The van der Waals surface area contributed by atoms with Gasteiger partial charge in [-0.3, -0.25) is 4.79 Å². The maximum atomic E-state index is 12.4. The molecule has 6 nitrogen and oxygen atoms in total. The molecule has 1 aliphatic heterocycles. The van der Waals surface area contributed by atoms with E-state index in [9.17, 15) is 18.4 Å². The molecule has 0 unspecified atom stereocenters. The van der Waals surface area contributed by atoms with Gasteiger partial charge in [0.15, 0.2) is 6.61 Å². The van der Waals surface area contributed by atoms with Crippen molar-refractivity contribution in [3.05, 3.63) is 65.7 Å². The number of rotatable bonds is 6. The van der Waals surface area contributed by atoms with Crippen molar-refractivity contribution in [2.24, 2.45) is 5.10 Å². The van der Waals surface area contributed by atoms with Gasteiger partial charge in [0.05, 0.1) is 12.3 Å². The van der Waals surface area contributed by atoms with E-state index in [0.29, 0.717) is 13.0 Å². The Kier molecular flexibility index (Phi) is 5.75. The molecule has 27 heavy (non-hydrogen) atoms. The van der Waals surface area contributed by atoms with Gasteiger partial charge in [0.2, 0.25) is 0 Å². The van der Waals surface area contributed by atoms with Crippen LogP contribution >= 0.6 is 0 Å². The van der Waals surface area contributed by atoms with Gasteiger partial charge in [-0.05, 0) is 17.7 Å². The first-order valence-corrected chi connectivity index (χ1v) is 8.19. The summed E-state index contributed by atoms with van der Waals surface area (Å²) in [4.78, 5) is 24.3. The van der Waals surface area contributed by atoms with Gasteiger partial charge in [-0.25, -0.2) is 9.80 Å². The number of para-hydroxylation sites is 1. The number of ether oxygens (including phenoxy) is 2. The molecule has 0 bridgehead atoms. The molecule has 2 aromatic carbocycles. The van der Waals surface area contributed by atoms with Crippen LogP contribution in [0, 0.1) is 0 Å². The average molecular weight is 374 g/mol. The third-order valence-electron chi connectivity index (χ3n) is 3.85. The lowest BCUT2D eigenvalue weighted by Gasteiger charge is -2.13. The third kappa shape index (κ3) is 4.66. The second kappa shape index (κ2) is 8.39. The summed E-state index contributed by atoms with van der Waals surface area (Å²) < 4.78 is 34.0. The molecule has 0 radical (unpaired) electrons. The van der Waals surface area contributed by atoms with Crippen LogP contribution in [-0.2, 0) is 9.53 Å². The lowest BCUT2D eigenvalue weighted by Crippen LogP contribution is -2.29. The number of halogens is 2. The summed E-state index contributed by atoms with van der Waals surface area (Å²) in [7, 11) is 0. The number of alkyl halides is 2. The number of carbonyl (C=O) groups is 2. The van der Waals surface area contributed by atoms with Crippen LogP contribution in [0.25, 0.3) is 0 Å². The lowest BCUT2D eigenvalue weighted by molar-refractivity contribution is -0.134. The van der Waals surface area contributed by atoms with Gasteiger partial charge in [0.1, 0.15) is 11.3 Å². The Bertz CT molecular complexity index is 856. The normalized spacial score (nSPS) is 13.4. The highest BCUT2D eigenvalue weighted by atomic mass is 19.3. The standard InChI is InChI=1S/C19H16F2N2O4/c20-19(21)27-16-9-5-4-8-14(16)18(25)26-12-17(24)23-11-10-15(22-23)13-6-2-1-3-7-13/h1-9,19H,10-12H2. The Hall–Kier alpha value is -3.29. The fraction of sp³-hybridized carbons (Fsp3) is 0.211. The van der Waals surface area contributed by atoms with Gasteiger partial charge in [0, 0.05) is 6.42 Å². The topological polar surface area (TPSA) is 68.2 Å². The highest BCUT2D eigenvalue weighted by Crippen LogP contribution is 2.21. The number of carbonyl (C=O) groups excluding carboxylic acids is 2. The van der Waals surface area contributed by atoms with Gasteiger partial charge in [-0.15, -0.1) is 0 Å². The van der Waals surface area contributed by atoms with Crippen molar-refractivity contribution < 1.29 is 27.8 Å². The Morgan fingerprint density at radius 2 is 1.78 bits per heavy atom. The van der Waals surface area contributed by atoms with Crippen LogP contribution in [0.5, 0.6) is 5.75 Å². The number of hydrogen-bond donors (Lipinski definition) is 0. The predicted molar refractivity (Wildman–Crippen MR) is 92.7 cm³/mol. The summed E-state index contributed by atoms with van der Waals surface area (Å²) in [5.41, 5.74) is 1.51. The number of esters is 1. The van der Waals surface area contributed by atoms with Crippen molar-refractivity contribution in [1.82, 2.24) is 5.01 Å². The number of hydrogen-bond acceptors (Lipinski definition) is 5. The summed E-state index contributed by atoms with van der Waals surface area (Å²) in [6.07, 6.45) is 0.592. The van der Waals surface area contributed by atoms with E-state index in [-0.39, 0.29) is 11.3 Å². The first kappa shape index (κ1) is 18.5. The van der Waals surface area contributed by atoms with E-state index in [1.165, 1.54) is 29.3 Å². The molecule has 140 valence electrons. The second-order valence-corrected chi connectivity index (χ2v) is 5.63. The van der Waals surface area contributed by atoms with Crippen LogP contribution in [0.1, 0.15) is 22.3 Å². The van der Waals surface area contributed by atoms with Crippen molar-refractivity contribution in [3.63, 3.8) is 0 Å². The van der Waals surface area contributed by atoms with Crippen LogP contribution in [0.4, 0.5) is 8.78 Å². The molecule has 0 atom stereocenters. The number of benzene rings is 2. The Morgan fingerprint density at radius 1 is 1.07 bits per heavy atom. The summed E-state index contributed by atoms with van der Waals surface area (Å²) in [6.45, 7) is -3.24. The van der Waals surface area contributed by atoms with E-state index in [1.54, 1.807) is 0 Å². The van der Waals surface area contributed by atoms with Crippen molar-refractivity contribution in [2.75, 3.05) is 13.2 Å². The highest BCUT2D eigenvalue weighted by molar-refractivity contribution is 6.02. The van der Waals surface area contributed by atoms with Gasteiger partial charge < -0.3 is 9.47 Å². The first-order valence-electron chi connectivity index (χ1n) is 8.19. The molecular formula is C19H16F2N2O4. The fourth-order valence-corrected chi connectivity index (χ4v) is 2.58. The fourth-order valence-electron chi connectivity index (χ4n) is 2.58. The van der Waals surface area contributed by atoms with Gasteiger partial charge in [-0.1, -0.05) is 42.5 Å². The van der Waals surface area contributed by atoms with Crippen molar-refractivity contribution in [2.45, 2.75) is 13.0 Å². The molecule has 0 aromatic heterocycles. The largest absolute Gasteiger partial charge is 0.452 e. The Morgan fingerprint density at radius 3 is 2.52 bits per heavy atom. The van der Waals surface area contributed by atoms with Crippen LogP contribution in [0.3, 0.4) is 0 Å². The minimum Gasteiger partial charge on any atom is -0.452 e. The molecule has 2 aromatic rings. The quantitative estimate of drug-likeness (QED) is 0.729. The monoisotopic (exact) mass is 374 g/mol. The smallest absolute Gasteiger partial charge is 0.387 e. The minimum atomic E-state index is -3.07. The molecule has 0 fully saturated rings. The average Bonchev–Trinajstić information content (AvgIpc) is 3.17. The van der Waals surface area contributed by atoms with Crippen LogP contribution in [0.15, 0.2) is 59.7 Å². The van der Waals surface area contributed by atoms with E-state index in [2.05, 4.69) is 9.84 Å². The third-order valence-corrected chi connectivity index (χ3v) is 3.85. The van der Waals surface area contributed by atoms with Gasteiger partial charge in [-0.2, -0.15) is 13.9 Å². The Balaban J connectivity index is 1.60. The maximum Gasteiger partial charge on any atom is 0.387 e. The SMILES string of the molecule is O=C(OCC(=O)N1CCC(c2ccccc2)=N1)c1ccccc1OC(F)F. The molecule has 0 saturated heterocycles. The second-order valence-electron chi connectivity index (χ2n) is 5.63. The van der Waals surface area contributed by atoms with E-state index < -0.39 is 25.1 Å². The number of hydrazone groups is 1. The van der Waals surface area contributed by atoms with E-state index in [0.717, 1.165) is 11.3 Å². The molecule has 0 saturated carbocycles. The highest BCUT2D eigenvalue weighted by Gasteiger charge is 2.23. The molecule has 1 aliphatic rings. The van der Waals surface area contributed by atoms with Crippen molar-refractivity contribution in [1.29, 1.82) is 0 Å². The molecule has 0 spiro atoms. The number of amides is 1. The van der Waals surface area contributed by atoms with E-state index >= 15 is 0 Å². The molecule has 3 rings (SSSR count). The number of nitrogens with zero attached hydrogens (tertiary/aromatic N) is 2. The van der Waals surface area contributed by atoms with E-state index in [4.69, 9.17) is 4.74 Å². The van der Waals surface area contributed by atoms with Crippen molar-refractivity contribution >= 4 is 17.6 Å². The predicted octanol–water partition coefficient (Wildman–Crippen LogP) is 3.08. The zero-order chi connectivity index (χ0) is 19.2. The molecule has 1 heterocycles. The molecule has 0 N–H and O–H groups in total. The lowest BCUT2D eigenvalue weighted by atomic mass is 10.1. The first-order chi connectivity index (χ1) is 13.0. The van der Waals surface area contributed by atoms with Crippen LogP contribution in [-0.4, -0.2) is 42.4 Å². The Labute approximate surface area is 154 Å². The van der Waals surface area contributed by atoms with Gasteiger partial charge >= 0.3 is 12.6 Å². The van der Waals surface area contributed by atoms with Crippen LogP contribution in [0.2, 0.25) is 0 Å². The molecule has 0 aliphatic carbocycles. The summed E-state index contributed by atoms with van der Waals surface area (Å²) >= 11 is 0. The maximum absolute atomic E-state index is 12.4. The molecule has 8 heteroatoms. The summed E-state index contributed by atoms with van der Waals surface area (Å²) in [6, 6.07) is 14.9. The van der Waals surface area contributed by atoms with Crippen molar-refractivity contribution in [3.8, 4) is 5.75 Å². The summed E-state index contributed by atoms with van der Waals surface area (Å²) in [5, 5.41) is 5.48. The van der Waals surface area contributed by atoms with E-state index in [1.807, 2.05) is 30.3 Å². The summed E-state index contributed by atoms with van der Waals surface area (Å²) in [5.74, 6) is -1.73. The zero-order valence-electron chi connectivity index (χ0n) is 14.2. The molecular weight excluding hydrogens is 358 g/mol. The molecule has 1 amide bonds.